The van der Waals surface area contributed by atoms with Crippen LogP contribution in [-0.2, 0) is 16.1 Å². The van der Waals surface area contributed by atoms with Gasteiger partial charge in [0.15, 0.2) is 17.3 Å². The maximum atomic E-state index is 13.6. The lowest BCUT2D eigenvalue weighted by molar-refractivity contribution is -0.126. The smallest absolute Gasteiger partial charge is 0.220 e. The van der Waals surface area contributed by atoms with Gasteiger partial charge < -0.3 is 20.1 Å². The first kappa shape index (κ1) is 22.2. The summed E-state index contributed by atoms with van der Waals surface area (Å²) in [7, 11) is 0. The number of carbonyl (C=O) groups is 3. The number of halogens is 2. The molecule has 0 saturated heterocycles. The van der Waals surface area contributed by atoms with Crippen LogP contribution in [-0.4, -0.2) is 37.4 Å². The van der Waals surface area contributed by atoms with E-state index in [4.69, 9.17) is 9.47 Å². The van der Waals surface area contributed by atoms with Crippen molar-refractivity contribution in [3.05, 3.63) is 59.2 Å². The molecule has 0 radical (unpaired) electrons. The first-order valence-corrected chi connectivity index (χ1v) is 9.82. The zero-order valence-corrected chi connectivity index (χ0v) is 16.7. The van der Waals surface area contributed by atoms with Crippen LogP contribution in [0.25, 0.3) is 0 Å². The molecule has 1 aliphatic heterocycles. The van der Waals surface area contributed by atoms with Crippen molar-refractivity contribution >= 4 is 17.6 Å². The lowest BCUT2D eigenvalue weighted by Crippen LogP contribution is -2.31. The van der Waals surface area contributed by atoms with Gasteiger partial charge in [-0.05, 0) is 29.8 Å². The fourth-order valence-corrected chi connectivity index (χ4v) is 2.91. The fraction of sp³-hybridized carbons (Fsp3) is 0.318. The molecule has 2 amide bonds. The minimum atomic E-state index is -0.992. The molecular formula is C22H22F2N2O5. The molecule has 0 fully saturated rings. The molecule has 164 valence electrons. The number of ether oxygens (including phenoxy) is 2. The Balaban J connectivity index is 1.39. The van der Waals surface area contributed by atoms with E-state index in [1.807, 2.05) is 6.07 Å². The number of benzene rings is 2. The van der Waals surface area contributed by atoms with E-state index >= 15 is 0 Å². The van der Waals surface area contributed by atoms with Gasteiger partial charge in [0.05, 0.1) is 25.3 Å². The summed E-state index contributed by atoms with van der Waals surface area (Å²) in [5.41, 5.74) is 0.517. The predicted octanol–water partition coefficient (Wildman–Crippen LogP) is 2.52. The van der Waals surface area contributed by atoms with Gasteiger partial charge in [-0.1, -0.05) is 6.07 Å². The molecule has 2 aromatic carbocycles. The lowest BCUT2D eigenvalue weighted by Gasteiger charge is -2.10. The number of rotatable bonds is 8. The highest BCUT2D eigenvalue weighted by Crippen LogP contribution is 2.30. The molecule has 3 rings (SSSR count). The van der Waals surface area contributed by atoms with Crippen molar-refractivity contribution in [3.63, 3.8) is 0 Å². The summed E-state index contributed by atoms with van der Waals surface area (Å²) in [5, 5.41) is 5.05. The van der Waals surface area contributed by atoms with E-state index < -0.39 is 29.9 Å². The summed E-state index contributed by atoms with van der Waals surface area (Å²) in [5.74, 6) is -2.04. The Labute approximate surface area is 177 Å². The van der Waals surface area contributed by atoms with Crippen LogP contribution < -0.4 is 20.1 Å². The van der Waals surface area contributed by atoms with Crippen LogP contribution in [0.1, 0.15) is 35.2 Å². The standard InChI is InChI=1S/C22H22F2N2O5/c23-15-3-4-16(17(24)11-15)18(27)13-26-22(29)7-6-21(28)25-12-14-2-5-19-20(10-14)31-9-1-8-30-19/h2-5,10-11H,1,6-9,12-13H2,(H,25,28)(H,26,29). The molecular weight excluding hydrogens is 410 g/mol. The van der Waals surface area contributed by atoms with Crippen LogP contribution in [0, 0.1) is 11.6 Å². The van der Waals surface area contributed by atoms with E-state index in [0.29, 0.717) is 30.8 Å². The molecule has 2 N–H and O–H groups in total. The maximum absolute atomic E-state index is 13.6. The number of hydrogen-bond donors (Lipinski definition) is 2. The molecule has 31 heavy (non-hydrogen) atoms. The molecule has 1 heterocycles. The summed E-state index contributed by atoms with van der Waals surface area (Å²) in [6.07, 6.45) is 0.592. The monoisotopic (exact) mass is 432 g/mol. The number of ketones is 1. The summed E-state index contributed by atoms with van der Waals surface area (Å²) in [6.45, 7) is 0.976. The van der Waals surface area contributed by atoms with E-state index in [1.54, 1.807) is 12.1 Å². The molecule has 7 nitrogen and oxygen atoms in total. The molecule has 9 heteroatoms. The predicted molar refractivity (Wildman–Crippen MR) is 107 cm³/mol. The summed E-state index contributed by atoms with van der Waals surface area (Å²) in [6, 6.07) is 7.99. The van der Waals surface area contributed by atoms with Crippen LogP contribution in [0.5, 0.6) is 11.5 Å². The normalized spacial score (nSPS) is 12.6. The third-order valence-electron chi connectivity index (χ3n) is 4.56. The second kappa shape index (κ2) is 10.5. The second-order valence-electron chi connectivity index (χ2n) is 6.93. The SMILES string of the molecule is O=C(CCC(=O)NCc1ccc2c(c1)OCCCO2)NCC(=O)c1ccc(F)cc1F. The Bertz CT molecular complexity index is 980. The Kier molecular flexibility index (Phi) is 7.53. The van der Waals surface area contributed by atoms with Gasteiger partial charge in [0.25, 0.3) is 0 Å². The first-order valence-electron chi connectivity index (χ1n) is 9.82. The van der Waals surface area contributed by atoms with E-state index in [0.717, 1.165) is 24.1 Å². The zero-order valence-electron chi connectivity index (χ0n) is 16.7. The molecule has 2 aromatic rings. The molecule has 1 aliphatic rings. The van der Waals surface area contributed by atoms with Crippen LogP contribution in [0.15, 0.2) is 36.4 Å². The van der Waals surface area contributed by atoms with E-state index in [9.17, 15) is 23.2 Å². The van der Waals surface area contributed by atoms with Crippen molar-refractivity contribution in [2.75, 3.05) is 19.8 Å². The summed E-state index contributed by atoms with van der Waals surface area (Å²) >= 11 is 0. The molecule has 0 saturated carbocycles. The van der Waals surface area contributed by atoms with E-state index in [1.165, 1.54) is 0 Å². The highest BCUT2D eigenvalue weighted by molar-refractivity contribution is 5.99. The van der Waals surface area contributed by atoms with Crippen molar-refractivity contribution in [1.82, 2.24) is 10.6 Å². The minimum Gasteiger partial charge on any atom is -0.490 e. The number of Topliss-reactive ketones (excluding diaryl/α,β-unsaturated/α-hetero) is 1. The molecule has 0 spiro atoms. The number of carbonyl (C=O) groups excluding carboxylic acids is 3. The van der Waals surface area contributed by atoms with Crippen molar-refractivity contribution in [1.29, 1.82) is 0 Å². The molecule has 0 unspecified atom stereocenters. The van der Waals surface area contributed by atoms with Gasteiger partial charge in [-0.25, -0.2) is 8.78 Å². The second-order valence-corrected chi connectivity index (χ2v) is 6.93. The van der Waals surface area contributed by atoms with Gasteiger partial charge >= 0.3 is 0 Å². The number of nitrogens with one attached hydrogen (secondary N) is 2. The average Bonchev–Trinajstić information content (AvgIpc) is 2.99. The number of amides is 2. The highest BCUT2D eigenvalue weighted by atomic mass is 19.1. The van der Waals surface area contributed by atoms with Crippen molar-refractivity contribution < 1.29 is 32.6 Å². The largest absolute Gasteiger partial charge is 0.490 e. The Morgan fingerprint density at radius 1 is 0.871 bits per heavy atom. The highest BCUT2D eigenvalue weighted by Gasteiger charge is 2.15. The first-order chi connectivity index (χ1) is 14.9. The lowest BCUT2D eigenvalue weighted by atomic mass is 10.1. The van der Waals surface area contributed by atoms with Gasteiger partial charge in [0.1, 0.15) is 11.6 Å². The van der Waals surface area contributed by atoms with Crippen molar-refractivity contribution in [2.24, 2.45) is 0 Å². The molecule has 0 atom stereocenters. The Morgan fingerprint density at radius 2 is 1.58 bits per heavy atom. The van der Waals surface area contributed by atoms with Crippen molar-refractivity contribution in [3.8, 4) is 11.5 Å². The van der Waals surface area contributed by atoms with E-state index in [2.05, 4.69) is 10.6 Å². The molecule has 0 aromatic heterocycles. The third kappa shape index (κ3) is 6.50. The van der Waals surface area contributed by atoms with Gasteiger partial charge in [-0.2, -0.15) is 0 Å². The Morgan fingerprint density at radius 3 is 2.32 bits per heavy atom. The maximum Gasteiger partial charge on any atom is 0.220 e. The topological polar surface area (TPSA) is 93.7 Å². The van der Waals surface area contributed by atoms with Gasteiger partial charge in [0.2, 0.25) is 11.8 Å². The summed E-state index contributed by atoms with van der Waals surface area (Å²) in [4.78, 5) is 35.8. The van der Waals surface area contributed by atoms with Gasteiger partial charge in [-0.3, -0.25) is 14.4 Å². The average molecular weight is 432 g/mol. The van der Waals surface area contributed by atoms with Crippen LogP contribution in [0.4, 0.5) is 8.78 Å². The number of fused-ring (bicyclic) bond motifs is 1. The zero-order chi connectivity index (χ0) is 22.2. The van der Waals surface area contributed by atoms with Crippen LogP contribution in [0.3, 0.4) is 0 Å². The van der Waals surface area contributed by atoms with Crippen LogP contribution >= 0.6 is 0 Å². The Hall–Kier alpha value is -3.49. The van der Waals surface area contributed by atoms with Gasteiger partial charge in [-0.15, -0.1) is 0 Å². The van der Waals surface area contributed by atoms with Crippen molar-refractivity contribution in [2.45, 2.75) is 25.8 Å². The number of hydrogen-bond acceptors (Lipinski definition) is 5. The molecule has 0 aliphatic carbocycles. The summed E-state index contributed by atoms with van der Waals surface area (Å²) < 4.78 is 37.6. The minimum absolute atomic E-state index is 0.0739. The third-order valence-corrected chi connectivity index (χ3v) is 4.56. The quantitative estimate of drug-likeness (QED) is 0.626. The van der Waals surface area contributed by atoms with Gasteiger partial charge in [0, 0.05) is 31.9 Å². The molecule has 0 bridgehead atoms. The van der Waals surface area contributed by atoms with E-state index in [-0.39, 0.29) is 30.9 Å². The fourth-order valence-electron chi connectivity index (χ4n) is 2.91. The van der Waals surface area contributed by atoms with Crippen LogP contribution in [0.2, 0.25) is 0 Å².